The number of alkyl halides is 1. The fourth-order valence-corrected chi connectivity index (χ4v) is 3.37. The van der Waals surface area contributed by atoms with Gasteiger partial charge in [-0.2, -0.15) is 0 Å². The van der Waals surface area contributed by atoms with Crippen molar-refractivity contribution in [2.24, 2.45) is 5.41 Å². The highest BCUT2D eigenvalue weighted by atomic mass is 19.1. The van der Waals surface area contributed by atoms with Gasteiger partial charge in [-0.25, -0.2) is 9.18 Å². The summed E-state index contributed by atoms with van der Waals surface area (Å²) >= 11 is 0. The fourth-order valence-electron chi connectivity index (χ4n) is 3.37. The molecule has 2 aliphatic rings. The number of nitrogens with one attached hydrogen (secondary N) is 1. The van der Waals surface area contributed by atoms with Crippen LogP contribution in [-0.2, 0) is 11.2 Å². The molecule has 2 fully saturated rings. The highest BCUT2D eigenvalue weighted by Crippen LogP contribution is 2.49. The van der Waals surface area contributed by atoms with Gasteiger partial charge in [-0.15, -0.1) is 0 Å². The van der Waals surface area contributed by atoms with E-state index in [0.29, 0.717) is 12.8 Å². The largest absolute Gasteiger partial charge is 0.465 e. The van der Waals surface area contributed by atoms with Crippen LogP contribution in [-0.4, -0.2) is 47.3 Å². The molecule has 1 saturated heterocycles. The molecule has 0 spiro atoms. The maximum Gasteiger partial charge on any atom is 0.407 e. The van der Waals surface area contributed by atoms with Crippen molar-refractivity contribution in [2.45, 2.75) is 44.8 Å². The quantitative estimate of drug-likeness (QED) is 0.889. The van der Waals surface area contributed by atoms with Gasteiger partial charge in [0.25, 0.3) is 0 Å². The van der Waals surface area contributed by atoms with Gasteiger partial charge in [0, 0.05) is 6.54 Å². The van der Waals surface area contributed by atoms with E-state index in [2.05, 4.69) is 5.32 Å². The van der Waals surface area contributed by atoms with E-state index in [-0.39, 0.29) is 19.0 Å². The lowest BCUT2D eigenvalue weighted by Crippen LogP contribution is -2.54. The summed E-state index contributed by atoms with van der Waals surface area (Å²) in [5.74, 6) is -0.0952. The van der Waals surface area contributed by atoms with E-state index in [1.54, 1.807) is 0 Å². The summed E-state index contributed by atoms with van der Waals surface area (Å²) in [5.41, 5.74) is 1.90. The number of hydrogen-bond donors (Lipinski definition) is 2. The summed E-state index contributed by atoms with van der Waals surface area (Å²) in [4.78, 5) is 24.6. The predicted octanol–water partition coefficient (Wildman–Crippen LogP) is 2.52. The van der Waals surface area contributed by atoms with Crippen LogP contribution in [0.1, 0.15) is 30.4 Å². The molecule has 0 bridgehead atoms. The summed E-state index contributed by atoms with van der Waals surface area (Å²) < 4.78 is 14.2. The van der Waals surface area contributed by atoms with Gasteiger partial charge in [-0.05, 0) is 43.7 Å². The normalized spacial score (nSPS) is 25.2. The zero-order chi connectivity index (χ0) is 17.3. The molecule has 5 nitrogen and oxygen atoms in total. The van der Waals surface area contributed by atoms with Crippen molar-refractivity contribution in [3.63, 3.8) is 0 Å². The van der Waals surface area contributed by atoms with Crippen LogP contribution < -0.4 is 5.32 Å². The number of nitrogens with zero attached hydrogens (tertiary/aromatic N) is 1. The number of aryl methyl sites for hydroxylation is 1. The van der Waals surface area contributed by atoms with Crippen LogP contribution in [0.2, 0.25) is 0 Å². The summed E-state index contributed by atoms with van der Waals surface area (Å²) in [5, 5.41) is 11.8. The first-order chi connectivity index (χ1) is 11.4. The molecule has 1 heterocycles. The number of rotatable bonds is 4. The minimum atomic E-state index is -1.35. The van der Waals surface area contributed by atoms with E-state index in [1.807, 2.05) is 31.2 Å². The van der Waals surface area contributed by atoms with Crippen LogP contribution in [0.4, 0.5) is 9.18 Å². The molecule has 1 aromatic carbocycles. The van der Waals surface area contributed by atoms with Gasteiger partial charge in [0.1, 0.15) is 6.17 Å². The second kappa shape index (κ2) is 6.42. The molecule has 6 heteroatoms. The molecule has 0 radical (unpaired) electrons. The molecule has 1 aromatic rings. The molecule has 3 rings (SSSR count). The van der Waals surface area contributed by atoms with Gasteiger partial charge < -0.3 is 15.3 Å². The smallest absolute Gasteiger partial charge is 0.407 e. The minimum Gasteiger partial charge on any atom is -0.465 e. The molecular formula is C18H23FN2O3. The molecule has 0 unspecified atom stereocenters. The average molecular weight is 334 g/mol. The summed E-state index contributed by atoms with van der Waals surface area (Å²) in [6, 6.07) is 7.41. The van der Waals surface area contributed by atoms with E-state index in [1.165, 1.54) is 0 Å². The first-order valence-corrected chi connectivity index (χ1v) is 8.39. The standard InChI is InChI=1S/C18H23FN2O3/c1-12-4-2-3-5-13(12)10-18(7-8-18)16(22)20-15-6-9-21(17(23)24)11-14(15)19/h2-5,14-15H,6-11H2,1H3,(H,20,22)(H,23,24)/t14-,15-/m0/s1. The van der Waals surface area contributed by atoms with E-state index < -0.39 is 23.7 Å². The zero-order valence-electron chi connectivity index (χ0n) is 13.8. The topological polar surface area (TPSA) is 69.6 Å². The molecule has 130 valence electrons. The van der Waals surface area contributed by atoms with Gasteiger partial charge >= 0.3 is 6.09 Å². The zero-order valence-corrected chi connectivity index (χ0v) is 13.8. The monoisotopic (exact) mass is 334 g/mol. The summed E-state index contributed by atoms with van der Waals surface area (Å²) in [6.07, 6.45) is 0.167. The first kappa shape index (κ1) is 16.7. The SMILES string of the molecule is Cc1ccccc1CC1(C(=O)N[C@H]2CCN(C(=O)O)C[C@@H]2F)CC1. The summed E-state index contributed by atoms with van der Waals surface area (Å²) in [7, 11) is 0. The maximum atomic E-state index is 14.2. The number of benzene rings is 1. The number of hydrogen-bond acceptors (Lipinski definition) is 2. The van der Waals surface area contributed by atoms with Gasteiger partial charge in [-0.1, -0.05) is 24.3 Å². The Kier molecular flexibility index (Phi) is 4.47. The van der Waals surface area contributed by atoms with Crippen molar-refractivity contribution in [1.82, 2.24) is 10.2 Å². The van der Waals surface area contributed by atoms with Gasteiger partial charge in [0.05, 0.1) is 18.0 Å². The van der Waals surface area contributed by atoms with Crippen molar-refractivity contribution < 1.29 is 19.1 Å². The number of halogens is 1. The van der Waals surface area contributed by atoms with E-state index in [4.69, 9.17) is 5.11 Å². The third-order valence-corrected chi connectivity index (χ3v) is 5.25. The highest BCUT2D eigenvalue weighted by Gasteiger charge is 2.50. The van der Waals surface area contributed by atoms with E-state index in [9.17, 15) is 14.0 Å². The Balaban J connectivity index is 1.61. The summed E-state index contributed by atoms with van der Waals surface area (Å²) in [6.45, 7) is 2.11. The van der Waals surface area contributed by atoms with E-state index in [0.717, 1.165) is 28.9 Å². The van der Waals surface area contributed by atoms with Gasteiger partial charge in [0.15, 0.2) is 0 Å². The van der Waals surface area contributed by atoms with Crippen LogP contribution in [0.5, 0.6) is 0 Å². The van der Waals surface area contributed by atoms with Crippen molar-refractivity contribution in [3.05, 3.63) is 35.4 Å². The molecular weight excluding hydrogens is 311 g/mol. The third kappa shape index (κ3) is 3.37. The number of piperidine rings is 1. The van der Waals surface area contributed by atoms with Crippen molar-refractivity contribution >= 4 is 12.0 Å². The van der Waals surface area contributed by atoms with Crippen molar-refractivity contribution in [2.75, 3.05) is 13.1 Å². The molecule has 2 atom stereocenters. The number of carboxylic acid groups (broad SMARTS) is 1. The fraction of sp³-hybridized carbons (Fsp3) is 0.556. The minimum absolute atomic E-state index is 0.0952. The molecule has 1 aliphatic carbocycles. The molecule has 2 amide bonds. The van der Waals surface area contributed by atoms with Crippen molar-refractivity contribution in [3.8, 4) is 0 Å². The maximum absolute atomic E-state index is 14.2. The van der Waals surface area contributed by atoms with Crippen LogP contribution in [0.15, 0.2) is 24.3 Å². The third-order valence-electron chi connectivity index (χ3n) is 5.25. The lowest BCUT2D eigenvalue weighted by atomic mass is 9.92. The molecule has 1 saturated carbocycles. The molecule has 2 N–H and O–H groups in total. The Morgan fingerprint density at radius 2 is 2.08 bits per heavy atom. The predicted molar refractivity (Wildman–Crippen MR) is 87.6 cm³/mol. The lowest BCUT2D eigenvalue weighted by molar-refractivity contribution is -0.128. The Bertz CT molecular complexity index is 645. The first-order valence-electron chi connectivity index (χ1n) is 8.39. The highest BCUT2D eigenvalue weighted by molar-refractivity contribution is 5.86. The number of amides is 2. The number of carbonyl (C=O) groups is 2. The Hall–Kier alpha value is -2.11. The van der Waals surface area contributed by atoms with Crippen LogP contribution in [0.25, 0.3) is 0 Å². The Labute approximate surface area is 140 Å². The number of carbonyl (C=O) groups excluding carboxylic acids is 1. The second-order valence-electron chi connectivity index (χ2n) is 7.00. The van der Waals surface area contributed by atoms with Crippen molar-refractivity contribution in [1.29, 1.82) is 0 Å². The Morgan fingerprint density at radius 3 is 2.67 bits per heavy atom. The average Bonchev–Trinajstić information content (AvgIpc) is 3.32. The Morgan fingerprint density at radius 1 is 1.38 bits per heavy atom. The van der Waals surface area contributed by atoms with Crippen LogP contribution in [0.3, 0.4) is 0 Å². The number of likely N-dealkylation sites (tertiary alicyclic amines) is 1. The lowest BCUT2D eigenvalue weighted by Gasteiger charge is -2.34. The van der Waals surface area contributed by atoms with Crippen LogP contribution in [0, 0.1) is 12.3 Å². The van der Waals surface area contributed by atoms with E-state index >= 15 is 0 Å². The molecule has 0 aromatic heterocycles. The van der Waals surface area contributed by atoms with Gasteiger partial charge in [-0.3, -0.25) is 4.79 Å². The van der Waals surface area contributed by atoms with Gasteiger partial charge in [0.2, 0.25) is 5.91 Å². The molecule has 1 aliphatic heterocycles. The second-order valence-corrected chi connectivity index (χ2v) is 7.00. The molecule has 24 heavy (non-hydrogen) atoms. The van der Waals surface area contributed by atoms with Crippen LogP contribution >= 0.6 is 0 Å².